The van der Waals surface area contributed by atoms with Crippen molar-refractivity contribution < 1.29 is 29.0 Å². The van der Waals surface area contributed by atoms with E-state index in [1.54, 1.807) is 37.5 Å². The van der Waals surface area contributed by atoms with Gasteiger partial charge in [-0.3, -0.25) is 19.3 Å². The molecule has 1 heterocycles. The number of ether oxygens (including phenoxy) is 1. The number of hydrogen-bond donors (Lipinski definition) is 1. The van der Waals surface area contributed by atoms with Crippen molar-refractivity contribution in [3.8, 4) is 5.75 Å². The van der Waals surface area contributed by atoms with Gasteiger partial charge in [0.1, 0.15) is 5.75 Å². The quantitative estimate of drug-likeness (QED) is 0.628. The number of anilines is 1. The molecule has 9 heteroatoms. The second-order valence-electron chi connectivity index (χ2n) is 6.62. The summed E-state index contributed by atoms with van der Waals surface area (Å²) in [6.07, 6.45) is 2.05. The Morgan fingerprint density at radius 3 is 2.39 bits per heavy atom. The molecule has 1 aliphatic heterocycles. The molecule has 2 aromatic carbocycles. The predicted octanol–water partition coefficient (Wildman–Crippen LogP) is 2.51. The second kappa shape index (κ2) is 9.94. The average molecular weight is 439 g/mol. The highest BCUT2D eigenvalue weighted by Gasteiger charge is 2.34. The minimum atomic E-state index is -1.30. The summed E-state index contributed by atoms with van der Waals surface area (Å²) in [4.78, 5) is 49.0. The fourth-order valence-corrected chi connectivity index (χ4v) is 3.72. The molecule has 0 atom stereocenters. The summed E-state index contributed by atoms with van der Waals surface area (Å²) in [6, 6.07) is 12.7. The van der Waals surface area contributed by atoms with Gasteiger partial charge in [-0.25, -0.2) is 0 Å². The Labute approximate surface area is 182 Å². The number of benzene rings is 2. The molecule has 0 bridgehead atoms. The lowest BCUT2D eigenvalue weighted by Crippen LogP contribution is -2.29. The second-order valence-corrected chi connectivity index (χ2v) is 7.62. The fourth-order valence-electron chi connectivity index (χ4n) is 2.86. The van der Waals surface area contributed by atoms with Gasteiger partial charge in [-0.15, -0.1) is 0 Å². The first-order chi connectivity index (χ1) is 14.9. The topological polar surface area (TPSA) is 116 Å². The van der Waals surface area contributed by atoms with Crippen molar-refractivity contribution in [1.82, 2.24) is 4.90 Å². The number of amides is 3. The molecule has 3 rings (SSSR count). The third-order valence-electron chi connectivity index (χ3n) is 4.48. The third-order valence-corrected chi connectivity index (χ3v) is 5.38. The molecule has 31 heavy (non-hydrogen) atoms. The van der Waals surface area contributed by atoms with Crippen LogP contribution >= 0.6 is 11.8 Å². The number of nitrogens with zero attached hydrogens (tertiary/aromatic N) is 1. The van der Waals surface area contributed by atoms with Crippen LogP contribution in [-0.2, 0) is 9.59 Å². The van der Waals surface area contributed by atoms with Gasteiger partial charge in [0.15, 0.2) is 0 Å². The fraction of sp³-hybridized carbons (Fsp3) is 0.182. The van der Waals surface area contributed by atoms with Crippen LogP contribution in [0, 0.1) is 0 Å². The van der Waals surface area contributed by atoms with Gasteiger partial charge < -0.3 is 20.0 Å². The largest absolute Gasteiger partial charge is 0.545 e. The number of carbonyl (C=O) groups is 4. The van der Waals surface area contributed by atoms with Crippen molar-refractivity contribution in [1.29, 1.82) is 0 Å². The number of carbonyl (C=O) groups excluding carboxylic acids is 4. The zero-order chi connectivity index (χ0) is 22.4. The number of rotatable bonds is 8. The molecule has 1 aliphatic rings. The average Bonchev–Trinajstić information content (AvgIpc) is 3.02. The van der Waals surface area contributed by atoms with Gasteiger partial charge in [-0.1, -0.05) is 24.3 Å². The minimum Gasteiger partial charge on any atom is -0.545 e. The number of methoxy groups -OCH3 is 1. The number of nitrogens with one attached hydrogen (secondary N) is 1. The summed E-state index contributed by atoms with van der Waals surface area (Å²) in [6.45, 7) is 0.127. The summed E-state index contributed by atoms with van der Waals surface area (Å²) >= 11 is 0.865. The molecule has 0 aromatic heterocycles. The van der Waals surface area contributed by atoms with Crippen LogP contribution in [-0.4, -0.2) is 41.6 Å². The van der Waals surface area contributed by atoms with E-state index in [1.807, 2.05) is 0 Å². The van der Waals surface area contributed by atoms with Crippen LogP contribution in [0.1, 0.15) is 28.8 Å². The van der Waals surface area contributed by atoms with Crippen LogP contribution in [0.2, 0.25) is 0 Å². The number of aromatic carboxylic acids is 1. The molecule has 0 saturated carbocycles. The van der Waals surface area contributed by atoms with E-state index in [1.165, 1.54) is 24.3 Å². The maximum absolute atomic E-state index is 12.5. The first-order valence-corrected chi connectivity index (χ1v) is 10.2. The lowest BCUT2D eigenvalue weighted by Gasteiger charge is -2.12. The lowest BCUT2D eigenvalue weighted by atomic mass is 10.2. The van der Waals surface area contributed by atoms with Crippen molar-refractivity contribution in [2.45, 2.75) is 12.8 Å². The van der Waals surface area contributed by atoms with E-state index in [0.29, 0.717) is 22.8 Å². The van der Waals surface area contributed by atoms with Crippen molar-refractivity contribution in [3.05, 3.63) is 64.6 Å². The summed E-state index contributed by atoms with van der Waals surface area (Å²) in [5.74, 6) is -1.29. The SMILES string of the molecule is COc1ccc(/C=C2/SC(=O)N(CCCC(=O)Nc3ccc(C(=O)[O-])cc3)C2=O)cc1. The Hall–Kier alpha value is -3.59. The monoisotopic (exact) mass is 439 g/mol. The molecule has 8 nitrogen and oxygen atoms in total. The van der Waals surface area contributed by atoms with Gasteiger partial charge in [-0.05, 0) is 59.7 Å². The first kappa shape index (κ1) is 22.1. The molecule has 2 aromatic rings. The Bertz CT molecular complexity index is 1030. The smallest absolute Gasteiger partial charge is 0.293 e. The molecular weight excluding hydrogens is 420 g/mol. The van der Waals surface area contributed by atoms with Crippen LogP contribution in [0.25, 0.3) is 6.08 Å². The lowest BCUT2D eigenvalue weighted by molar-refractivity contribution is -0.255. The number of thioether (sulfide) groups is 1. The van der Waals surface area contributed by atoms with Crippen LogP contribution in [0.15, 0.2) is 53.4 Å². The Kier molecular flexibility index (Phi) is 7.09. The van der Waals surface area contributed by atoms with Gasteiger partial charge in [-0.2, -0.15) is 0 Å². The number of imide groups is 1. The summed E-state index contributed by atoms with van der Waals surface area (Å²) in [7, 11) is 1.56. The minimum absolute atomic E-state index is 0.0139. The molecule has 0 radical (unpaired) electrons. The van der Waals surface area contributed by atoms with E-state index in [2.05, 4.69) is 5.32 Å². The van der Waals surface area contributed by atoms with E-state index in [-0.39, 0.29) is 35.6 Å². The first-order valence-electron chi connectivity index (χ1n) is 9.38. The molecule has 0 spiro atoms. The maximum atomic E-state index is 12.5. The molecule has 3 amide bonds. The number of hydrogen-bond acceptors (Lipinski definition) is 7. The number of carboxylic acid groups (broad SMARTS) is 1. The van der Waals surface area contributed by atoms with E-state index < -0.39 is 5.97 Å². The van der Waals surface area contributed by atoms with Crippen LogP contribution in [0.5, 0.6) is 5.75 Å². The zero-order valence-corrected chi connectivity index (χ0v) is 17.4. The third kappa shape index (κ3) is 5.73. The molecule has 160 valence electrons. The highest BCUT2D eigenvalue weighted by molar-refractivity contribution is 8.18. The number of carboxylic acids is 1. The normalized spacial score (nSPS) is 14.7. The van der Waals surface area contributed by atoms with Gasteiger partial charge in [0, 0.05) is 18.7 Å². The highest BCUT2D eigenvalue weighted by Crippen LogP contribution is 2.32. The van der Waals surface area contributed by atoms with E-state index >= 15 is 0 Å². The van der Waals surface area contributed by atoms with Gasteiger partial charge in [0.05, 0.1) is 18.0 Å². The van der Waals surface area contributed by atoms with E-state index in [4.69, 9.17) is 4.74 Å². The van der Waals surface area contributed by atoms with Crippen molar-refractivity contribution in [3.63, 3.8) is 0 Å². The highest BCUT2D eigenvalue weighted by atomic mass is 32.2. The van der Waals surface area contributed by atoms with Crippen LogP contribution in [0.4, 0.5) is 10.5 Å². The standard InChI is InChI=1S/C22H20N2O6S/c1-30-17-10-4-14(5-11-17)13-18-20(26)24(22(29)31-18)12-2-3-19(25)23-16-8-6-15(7-9-16)21(27)28/h4-11,13H,2-3,12H2,1H3,(H,23,25)(H,27,28)/p-1/b18-13+. The molecular formula is C22H19N2O6S-. The van der Waals surface area contributed by atoms with Crippen LogP contribution in [0.3, 0.4) is 0 Å². The molecule has 1 saturated heterocycles. The molecule has 1 N–H and O–H groups in total. The summed E-state index contributed by atoms with van der Waals surface area (Å²) < 4.78 is 5.10. The zero-order valence-electron chi connectivity index (χ0n) is 16.6. The predicted molar refractivity (Wildman–Crippen MR) is 114 cm³/mol. The van der Waals surface area contributed by atoms with Gasteiger partial charge in [0.2, 0.25) is 5.91 Å². The molecule has 0 aliphatic carbocycles. The van der Waals surface area contributed by atoms with Gasteiger partial charge in [0.25, 0.3) is 11.1 Å². The van der Waals surface area contributed by atoms with Crippen molar-refractivity contribution in [2.24, 2.45) is 0 Å². The summed E-state index contributed by atoms with van der Waals surface area (Å²) in [5, 5.41) is 13.0. The molecule has 1 fully saturated rings. The van der Waals surface area contributed by atoms with Gasteiger partial charge >= 0.3 is 0 Å². The Morgan fingerprint density at radius 1 is 1.10 bits per heavy atom. The van der Waals surface area contributed by atoms with Crippen molar-refractivity contribution in [2.75, 3.05) is 19.0 Å². The van der Waals surface area contributed by atoms with E-state index in [9.17, 15) is 24.3 Å². The van der Waals surface area contributed by atoms with Crippen LogP contribution < -0.4 is 15.2 Å². The van der Waals surface area contributed by atoms with E-state index in [0.717, 1.165) is 22.2 Å². The Balaban J connectivity index is 1.51. The summed E-state index contributed by atoms with van der Waals surface area (Å²) in [5.41, 5.74) is 1.24. The maximum Gasteiger partial charge on any atom is 0.293 e. The van der Waals surface area contributed by atoms with Crippen molar-refractivity contribution >= 4 is 46.5 Å². The molecule has 0 unspecified atom stereocenters. The Morgan fingerprint density at radius 2 is 1.77 bits per heavy atom.